The number of para-hydroxylation sites is 2. The number of benzene rings is 2. The van der Waals surface area contributed by atoms with E-state index in [-0.39, 0.29) is 17.2 Å². The maximum Gasteiger partial charge on any atom is 0.468 e. The van der Waals surface area contributed by atoms with Crippen LogP contribution in [0, 0.1) is 0 Å². The third-order valence-electron chi connectivity index (χ3n) is 3.22. The van der Waals surface area contributed by atoms with Crippen molar-refractivity contribution in [3.05, 3.63) is 53.6 Å². The third kappa shape index (κ3) is 4.32. The molecule has 0 saturated heterocycles. The second-order valence-electron chi connectivity index (χ2n) is 5.20. The summed E-state index contributed by atoms with van der Waals surface area (Å²) < 4.78 is 53.5. The fourth-order valence-corrected chi connectivity index (χ4v) is 2.54. The summed E-state index contributed by atoms with van der Waals surface area (Å²) in [5.74, 6) is -4.45. The van der Waals surface area contributed by atoms with Gasteiger partial charge in [-0.1, -0.05) is 58.5 Å². The molecule has 0 atom stereocenters. The van der Waals surface area contributed by atoms with Crippen LogP contribution in [0.2, 0.25) is 5.02 Å². The molecule has 1 heterocycles. The average molecular weight is 461 g/mol. The summed E-state index contributed by atoms with van der Waals surface area (Å²) in [4.78, 5) is 3.38. The average Bonchev–Trinajstić information content (AvgIpc) is 2.95. The molecular weight excluding hydrogens is 453 g/mol. The number of hydrogen-bond acceptors (Lipinski definition) is 4. The van der Waals surface area contributed by atoms with E-state index in [2.05, 4.69) is 4.99 Å². The predicted octanol–water partition coefficient (Wildman–Crippen LogP) is 6.18. The SMILES string of the molecule is FC(F)(F)/C(=N\C1(C(Cl)(Cl)Cl)Oc2ccccc2O1)Oc1ccc(Cl)cc1. The summed E-state index contributed by atoms with van der Waals surface area (Å²) in [6.45, 7) is 0. The van der Waals surface area contributed by atoms with Gasteiger partial charge in [-0.15, -0.1) is 0 Å². The standard InChI is InChI=1S/C16H8Cl4F3NO3/c17-9-5-7-10(8-6-9)25-13(14(21,22)23)24-16(15(18,19)20)26-11-3-1-2-4-12(11)27-16/h1-8H/b24-13+. The molecule has 0 radical (unpaired) electrons. The van der Waals surface area contributed by atoms with Crippen molar-refractivity contribution in [2.45, 2.75) is 15.9 Å². The quantitative estimate of drug-likeness (QED) is 0.305. The lowest BCUT2D eigenvalue weighted by atomic mass is 10.3. The Morgan fingerprint density at radius 3 is 1.89 bits per heavy atom. The van der Waals surface area contributed by atoms with Crippen LogP contribution in [-0.4, -0.2) is 21.8 Å². The first-order chi connectivity index (χ1) is 12.5. The van der Waals surface area contributed by atoms with Crippen molar-refractivity contribution in [1.82, 2.24) is 0 Å². The number of fused-ring (bicyclic) bond motifs is 1. The van der Waals surface area contributed by atoms with Gasteiger partial charge >= 0.3 is 18.0 Å². The Kier molecular flexibility index (Phi) is 5.33. The Balaban J connectivity index is 2.04. The van der Waals surface area contributed by atoms with Gasteiger partial charge in [-0.05, 0) is 36.4 Å². The smallest absolute Gasteiger partial charge is 0.435 e. The molecule has 1 aliphatic rings. The Morgan fingerprint density at radius 2 is 1.44 bits per heavy atom. The summed E-state index contributed by atoms with van der Waals surface area (Å²) in [7, 11) is 0. The van der Waals surface area contributed by atoms with Gasteiger partial charge in [0.1, 0.15) is 5.75 Å². The fraction of sp³-hybridized carbons (Fsp3) is 0.188. The molecule has 0 unspecified atom stereocenters. The van der Waals surface area contributed by atoms with E-state index in [1.54, 1.807) is 12.1 Å². The number of halogens is 7. The molecular formula is C16H8Cl4F3NO3. The lowest BCUT2D eigenvalue weighted by Gasteiger charge is -2.30. The predicted molar refractivity (Wildman–Crippen MR) is 96.3 cm³/mol. The van der Waals surface area contributed by atoms with Gasteiger partial charge in [0, 0.05) is 5.02 Å². The molecule has 0 N–H and O–H groups in total. The number of aliphatic imine (C=N–C) groups is 1. The van der Waals surface area contributed by atoms with Crippen LogP contribution in [0.3, 0.4) is 0 Å². The van der Waals surface area contributed by atoms with E-state index in [4.69, 9.17) is 60.6 Å². The highest BCUT2D eigenvalue weighted by molar-refractivity contribution is 6.68. The van der Waals surface area contributed by atoms with Gasteiger partial charge in [-0.25, -0.2) is 0 Å². The molecule has 11 heteroatoms. The zero-order chi connectivity index (χ0) is 19.9. The normalized spacial score (nSPS) is 16.3. The molecule has 0 fully saturated rings. The maximum absolute atomic E-state index is 13.5. The highest BCUT2D eigenvalue weighted by Gasteiger charge is 2.60. The van der Waals surface area contributed by atoms with Gasteiger partial charge in [0.15, 0.2) is 11.5 Å². The summed E-state index contributed by atoms with van der Waals surface area (Å²) in [5, 5.41) is 0.309. The Labute approximate surface area is 171 Å². The molecule has 0 bridgehead atoms. The molecule has 0 aliphatic carbocycles. The highest BCUT2D eigenvalue weighted by atomic mass is 35.6. The van der Waals surface area contributed by atoms with E-state index >= 15 is 0 Å². The van der Waals surface area contributed by atoms with Crippen molar-refractivity contribution >= 4 is 52.3 Å². The molecule has 0 saturated carbocycles. The van der Waals surface area contributed by atoms with E-state index in [1.807, 2.05) is 0 Å². The largest absolute Gasteiger partial charge is 0.468 e. The molecule has 3 rings (SSSR count). The molecule has 27 heavy (non-hydrogen) atoms. The minimum absolute atomic E-state index is 0.0561. The van der Waals surface area contributed by atoms with Gasteiger partial charge in [0.05, 0.1) is 0 Å². The first kappa shape index (κ1) is 20.2. The minimum Gasteiger partial charge on any atom is -0.435 e. The second-order valence-corrected chi connectivity index (χ2v) is 7.92. The number of hydrogen-bond donors (Lipinski definition) is 0. The second kappa shape index (κ2) is 7.13. The number of rotatable bonds is 2. The van der Waals surface area contributed by atoms with E-state index in [0.29, 0.717) is 5.02 Å². The monoisotopic (exact) mass is 459 g/mol. The fourth-order valence-electron chi connectivity index (χ4n) is 2.05. The third-order valence-corrected chi connectivity index (χ3v) is 4.19. The van der Waals surface area contributed by atoms with E-state index in [0.717, 1.165) is 0 Å². The lowest BCUT2D eigenvalue weighted by Crippen LogP contribution is -2.51. The maximum atomic E-state index is 13.5. The molecule has 0 aromatic heterocycles. The van der Waals surface area contributed by atoms with Crippen molar-refractivity contribution in [1.29, 1.82) is 0 Å². The van der Waals surface area contributed by atoms with Crippen molar-refractivity contribution in [3.8, 4) is 17.2 Å². The first-order valence-electron chi connectivity index (χ1n) is 7.14. The van der Waals surface area contributed by atoms with Crippen molar-refractivity contribution in [3.63, 3.8) is 0 Å². The van der Waals surface area contributed by atoms with Crippen LogP contribution >= 0.6 is 46.4 Å². The highest BCUT2D eigenvalue weighted by Crippen LogP contribution is 2.50. The zero-order valence-electron chi connectivity index (χ0n) is 12.9. The molecule has 2 aromatic rings. The Hall–Kier alpha value is -1.54. The zero-order valence-corrected chi connectivity index (χ0v) is 16.0. The molecule has 1 aliphatic heterocycles. The van der Waals surface area contributed by atoms with Crippen LogP contribution < -0.4 is 14.2 Å². The van der Waals surface area contributed by atoms with Crippen LogP contribution in [0.4, 0.5) is 13.2 Å². The van der Waals surface area contributed by atoms with Crippen molar-refractivity contribution in [2.24, 2.45) is 4.99 Å². The topological polar surface area (TPSA) is 40.0 Å². The van der Waals surface area contributed by atoms with Crippen LogP contribution in [0.1, 0.15) is 0 Å². The van der Waals surface area contributed by atoms with Gasteiger partial charge in [0.25, 0.3) is 3.79 Å². The van der Waals surface area contributed by atoms with E-state index in [9.17, 15) is 13.2 Å². The van der Waals surface area contributed by atoms with Gasteiger partial charge < -0.3 is 14.2 Å². The van der Waals surface area contributed by atoms with Crippen molar-refractivity contribution in [2.75, 3.05) is 0 Å². The van der Waals surface area contributed by atoms with Crippen molar-refractivity contribution < 1.29 is 27.4 Å². The van der Waals surface area contributed by atoms with Crippen LogP contribution in [0.5, 0.6) is 17.2 Å². The number of ether oxygens (including phenoxy) is 3. The Morgan fingerprint density at radius 1 is 0.926 bits per heavy atom. The molecule has 144 valence electrons. The number of alkyl halides is 6. The van der Waals surface area contributed by atoms with E-state index in [1.165, 1.54) is 36.4 Å². The summed E-state index contributed by atoms with van der Waals surface area (Å²) in [5.41, 5.74) is 0. The molecule has 4 nitrogen and oxygen atoms in total. The minimum atomic E-state index is -5.04. The summed E-state index contributed by atoms with van der Waals surface area (Å²) >= 11 is 23.2. The lowest BCUT2D eigenvalue weighted by molar-refractivity contribution is -0.0911. The Bertz CT molecular complexity index is 841. The molecule has 0 amide bonds. The van der Waals surface area contributed by atoms with Crippen LogP contribution in [-0.2, 0) is 0 Å². The summed E-state index contributed by atoms with van der Waals surface area (Å²) in [6, 6.07) is 11.1. The van der Waals surface area contributed by atoms with Gasteiger partial charge in [-0.2, -0.15) is 18.2 Å². The van der Waals surface area contributed by atoms with Gasteiger partial charge in [-0.3, -0.25) is 0 Å². The summed E-state index contributed by atoms with van der Waals surface area (Å²) in [6.07, 6.45) is -5.04. The van der Waals surface area contributed by atoms with Crippen LogP contribution in [0.25, 0.3) is 0 Å². The number of nitrogens with zero attached hydrogens (tertiary/aromatic N) is 1. The van der Waals surface area contributed by atoms with E-state index < -0.39 is 21.8 Å². The van der Waals surface area contributed by atoms with Gasteiger partial charge in [0.2, 0.25) is 0 Å². The first-order valence-corrected chi connectivity index (χ1v) is 8.66. The van der Waals surface area contributed by atoms with Crippen LogP contribution in [0.15, 0.2) is 53.5 Å². The molecule has 0 spiro atoms. The molecule has 2 aromatic carbocycles.